The molecule has 2 rings (SSSR count). The first-order chi connectivity index (χ1) is 9.25. The molecule has 0 atom stereocenters. The zero-order valence-corrected chi connectivity index (χ0v) is 13.3. The Morgan fingerprint density at radius 1 is 1.50 bits per heavy atom. The monoisotopic (exact) mass is 341 g/mol. The maximum atomic E-state index is 11.6. The van der Waals surface area contributed by atoms with Gasteiger partial charge in [0, 0.05) is 16.2 Å². The molecule has 0 radical (unpaired) electrons. The van der Waals surface area contributed by atoms with Gasteiger partial charge in [0.2, 0.25) is 0 Å². The molecule has 0 unspecified atom stereocenters. The van der Waals surface area contributed by atoms with Crippen molar-refractivity contribution in [2.24, 2.45) is 0 Å². The molecule has 2 aromatic heterocycles. The number of rotatable bonds is 2. The second-order valence-corrected chi connectivity index (χ2v) is 6.25. The van der Waals surface area contributed by atoms with E-state index >= 15 is 0 Å². The Labute approximate surface area is 125 Å². The Balaban J connectivity index is 2.74. The van der Waals surface area contributed by atoms with Crippen LogP contribution in [0, 0.1) is 0 Å². The zero-order valence-electron chi connectivity index (χ0n) is 11.7. The minimum Gasteiger partial charge on any atom is -0.494 e. The number of carboxylic acid groups (broad SMARTS) is 1. The molecule has 0 saturated carbocycles. The van der Waals surface area contributed by atoms with Gasteiger partial charge in [0.05, 0.1) is 19.0 Å². The van der Waals surface area contributed by atoms with E-state index in [9.17, 15) is 9.90 Å². The first-order valence-corrected chi connectivity index (χ1v) is 6.79. The number of ether oxygens (including phenoxy) is 1. The van der Waals surface area contributed by atoms with Crippen LogP contribution in [0.3, 0.4) is 0 Å². The van der Waals surface area contributed by atoms with Gasteiger partial charge in [-0.05, 0) is 42.8 Å². The van der Waals surface area contributed by atoms with Crippen LogP contribution in [-0.4, -0.2) is 33.5 Å². The molecule has 0 aliphatic heterocycles. The maximum absolute atomic E-state index is 11.6. The second-order valence-electron chi connectivity index (χ2n) is 5.34. The van der Waals surface area contributed by atoms with Crippen molar-refractivity contribution in [3.8, 4) is 5.75 Å². The number of anilines is 1. The third-order valence-corrected chi connectivity index (χ3v) is 3.28. The van der Waals surface area contributed by atoms with Crippen LogP contribution in [-0.2, 0) is 0 Å². The summed E-state index contributed by atoms with van der Waals surface area (Å²) < 4.78 is 7.74. The van der Waals surface area contributed by atoms with Crippen molar-refractivity contribution in [2.75, 3.05) is 12.0 Å². The van der Waals surface area contributed by atoms with Gasteiger partial charge < -0.3 is 9.84 Å². The topological polar surface area (TPSA) is 67.1 Å². The van der Waals surface area contributed by atoms with Crippen molar-refractivity contribution in [1.29, 1.82) is 0 Å². The highest BCUT2D eigenvalue weighted by Crippen LogP contribution is 2.35. The smallest absolute Gasteiger partial charge is 0.412 e. The molecule has 0 fully saturated rings. The molecule has 7 heteroatoms. The number of pyridine rings is 1. The molecule has 108 valence electrons. The van der Waals surface area contributed by atoms with Crippen LogP contribution >= 0.6 is 15.9 Å². The Hall–Kier alpha value is -1.76. The molecule has 0 aliphatic rings. The number of hydrogen-bond donors (Lipinski definition) is 1. The Morgan fingerprint density at radius 3 is 2.65 bits per heavy atom. The standard InChI is InChI=1S/C13H16BrN3O3/c1-13(2,3)17(12(18)19)9-6-15-16-7-8(14)5-10(20-4)11(9)16/h5-7H,1-4H3,(H,18,19). The Morgan fingerprint density at radius 2 is 2.15 bits per heavy atom. The van der Waals surface area contributed by atoms with Gasteiger partial charge in [-0.2, -0.15) is 5.10 Å². The van der Waals surface area contributed by atoms with E-state index < -0.39 is 11.6 Å². The summed E-state index contributed by atoms with van der Waals surface area (Å²) in [6.45, 7) is 5.49. The number of hydrogen-bond acceptors (Lipinski definition) is 3. The summed E-state index contributed by atoms with van der Waals surface area (Å²) in [4.78, 5) is 12.9. The molecule has 0 aliphatic carbocycles. The number of amides is 1. The van der Waals surface area contributed by atoms with Gasteiger partial charge >= 0.3 is 6.09 Å². The first-order valence-electron chi connectivity index (χ1n) is 5.99. The summed E-state index contributed by atoms with van der Waals surface area (Å²) in [5, 5.41) is 13.7. The van der Waals surface area contributed by atoms with Crippen molar-refractivity contribution in [1.82, 2.24) is 9.61 Å². The number of aromatic nitrogens is 2. The summed E-state index contributed by atoms with van der Waals surface area (Å²) in [7, 11) is 1.54. The predicted molar refractivity (Wildman–Crippen MR) is 79.7 cm³/mol. The van der Waals surface area contributed by atoms with Crippen molar-refractivity contribution < 1.29 is 14.6 Å². The van der Waals surface area contributed by atoms with Gasteiger partial charge in [0.1, 0.15) is 11.3 Å². The number of halogens is 1. The van der Waals surface area contributed by atoms with Gasteiger partial charge in [-0.1, -0.05) is 0 Å². The minimum atomic E-state index is -1.03. The summed E-state index contributed by atoms with van der Waals surface area (Å²) in [6.07, 6.45) is 2.26. The lowest BCUT2D eigenvalue weighted by molar-refractivity contribution is 0.195. The molecule has 20 heavy (non-hydrogen) atoms. The van der Waals surface area contributed by atoms with E-state index in [0.29, 0.717) is 17.0 Å². The predicted octanol–water partition coefficient (Wildman–Crippen LogP) is 3.39. The SMILES string of the molecule is COc1cc(Br)cn2ncc(N(C(=O)O)C(C)(C)C)c12. The van der Waals surface area contributed by atoms with E-state index in [1.807, 2.05) is 20.8 Å². The minimum absolute atomic E-state index is 0.495. The lowest BCUT2D eigenvalue weighted by Crippen LogP contribution is -2.45. The fourth-order valence-corrected chi connectivity index (χ4v) is 2.51. The molecule has 0 saturated heterocycles. The first kappa shape index (κ1) is 14.6. The van der Waals surface area contributed by atoms with E-state index in [1.165, 1.54) is 11.1 Å². The van der Waals surface area contributed by atoms with Crippen LogP contribution in [0.1, 0.15) is 20.8 Å². The highest BCUT2D eigenvalue weighted by atomic mass is 79.9. The molecular weight excluding hydrogens is 326 g/mol. The molecule has 2 heterocycles. The fourth-order valence-electron chi connectivity index (χ4n) is 2.11. The molecule has 2 aromatic rings. The Kier molecular flexibility index (Phi) is 3.64. The molecule has 6 nitrogen and oxygen atoms in total. The number of nitrogens with zero attached hydrogens (tertiary/aromatic N) is 3. The third-order valence-electron chi connectivity index (χ3n) is 2.85. The molecular formula is C13H16BrN3O3. The lowest BCUT2D eigenvalue weighted by Gasteiger charge is -2.32. The molecule has 1 N–H and O–H groups in total. The van der Waals surface area contributed by atoms with Crippen molar-refractivity contribution in [2.45, 2.75) is 26.3 Å². The van der Waals surface area contributed by atoms with E-state index in [2.05, 4.69) is 21.0 Å². The highest BCUT2D eigenvalue weighted by molar-refractivity contribution is 9.10. The summed E-state index contributed by atoms with van der Waals surface area (Å²) in [5.41, 5.74) is 0.523. The third kappa shape index (κ3) is 2.45. The summed E-state index contributed by atoms with van der Waals surface area (Å²) in [6, 6.07) is 1.78. The van der Waals surface area contributed by atoms with E-state index in [0.717, 1.165) is 4.47 Å². The van der Waals surface area contributed by atoms with Crippen LogP contribution in [0.15, 0.2) is 22.9 Å². The highest BCUT2D eigenvalue weighted by Gasteiger charge is 2.31. The van der Waals surface area contributed by atoms with Crippen LogP contribution in [0.25, 0.3) is 5.52 Å². The van der Waals surface area contributed by atoms with E-state index in [-0.39, 0.29) is 0 Å². The van der Waals surface area contributed by atoms with Crippen LogP contribution in [0.4, 0.5) is 10.5 Å². The van der Waals surface area contributed by atoms with Crippen molar-refractivity contribution in [3.05, 3.63) is 22.9 Å². The largest absolute Gasteiger partial charge is 0.494 e. The van der Waals surface area contributed by atoms with Crippen LogP contribution < -0.4 is 9.64 Å². The zero-order chi connectivity index (χ0) is 15.1. The summed E-state index contributed by atoms with van der Waals surface area (Å²) in [5.74, 6) is 0.558. The normalized spacial score (nSPS) is 11.7. The lowest BCUT2D eigenvalue weighted by atomic mass is 10.1. The van der Waals surface area contributed by atoms with E-state index in [1.54, 1.807) is 23.9 Å². The quantitative estimate of drug-likeness (QED) is 0.908. The molecule has 0 bridgehead atoms. The van der Waals surface area contributed by atoms with Crippen LogP contribution in [0.5, 0.6) is 5.75 Å². The average molecular weight is 342 g/mol. The van der Waals surface area contributed by atoms with Gasteiger partial charge in [-0.3, -0.25) is 4.90 Å². The number of fused-ring (bicyclic) bond motifs is 1. The van der Waals surface area contributed by atoms with Gasteiger partial charge in [-0.25, -0.2) is 9.31 Å². The summed E-state index contributed by atoms with van der Waals surface area (Å²) >= 11 is 3.37. The number of carbonyl (C=O) groups is 1. The fraction of sp³-hybridized carbons (Fsp3) is 0.385. The molecule has 1 amide bonds. The van der Waals surface area contributed by atoms with Crippen LogP contribution in [0.2, 0.25) is 0 Å². The maximum Gasteiger partial charge on any atom is 0.412 e. The second kappa shape index (κ2) is 4.97. The molecule has 0 spiro atoms. The van der Waals surface area contributed by atoms with Crippen molar-refractivity contribution >= 4 is 33.2 Å². The van der Waals surface area contributed by atoms with Crippen molar-refractivity contribution in [3.63, 3.8) is 0 Å². The Bertz CT molecular complexity index is 661. The van der Waals surface area contributed by atoms with Gasteiger partial charge in [0.25, 0.3) is 0 Å². The van der Waals surface area contributed by atoms with Gasteiger partial charge in [-0.15, -0.1) is 0 Å². The number of methoxy groups -OCH3 is 1. The van der Waals surface area contributed by atoms with E-state index in [4.69, 9.17) is 4.74 Å². The van der Waals surface area contributed by atoms with Gasteiger partial charge in [0.15, 0.2) is 0 Å². The average Bonchev–Trinajstić information content (AvgIpc) is 2.69. The molecule has 0 aromatic carbocycles.